The Labute approximate surface area is 92.4 Å². The summed E-state index contributed by atoms with van der Waals surface area (Å²) in [7, 11) is 0. The molecule has 2 N–H and O–H groups in total. The lowest BCUT2D eigenvalue weighted by Crippen LogP contribution is -2.15. The molecule has 15 heavy (non-hydrogen) atoms. The van der Waals surface area contributed by atoms with E-state index in [4.69, 9.17) is 10.5 Å². The van der Waals surface area contributed by atoms with Crippen molar-refractivity contribution in [3.63, 3.8) is 0 Å². The van der Waals surface area contributed by atoms with Gasteiger partial charge in [-0.15, -0.1) is 0 Å². The number of hydrogen-bond acceptors (Lipinski definition) is 2. The number of benzene rings is 1. The van der Waals surface area contributed by atoms with Crippen molar-refractivity contribution in [1.29, 1.82) is 0 Å². The summed E-state index contributed by atoms with van der Waals surface area (Å²) in [6.07, 6.45) is 0. The largest absolute Gasteiger partial charge is 0.491 e. The number of ether oxygens (including phenoxy) is 1. The Hall–Kier alpha value is -1.18. The summed E-state index contributed by atoms with van der Waals surface area (Å²) in [5.74, 6) is 0.843. The van der Waals surface area contributed by atoms with Crippen molar-refractivity contribution in [1.82, 2.24) is 0 Å². The van der Waals surface area contributed by atoms with Gasteiger partial charge >= 0.3 is 0 Å². The molecule has 0 bridgehead atoms. The van der Waals surface area contributed by atoms with Crippen LogP contribution in [0.3, 0.4) is 0 Å². The van der Waals surface area contributed by atoms with Gasteiger partial charge in [-0.05, 0) is 30.9 Å². The highest BCUT2D eigenvalue weighted by molar-refractivity contribution is 5.60. The zero-order valence-corrected chi connectivity index (χ0v) is 10.3. The number of aryl methyl sites for hydroxylation is 1. The van der Waals surface area contributed by atoms with Crippen LogP contribution in [0.15, 0.2) is 12.1 Å². The average Bonchev–Trinajstić information content (AvgIpc) is 2.07. The number of nitrogen functional groups attached to an aromatic ring is 1. The fourth-order valence-electron chi connectivity index (χ4n) is 1.66. The molecule has 0 aliphatic heterocycles. The van der Waals surface area contributed by atoms with Gasteiger partial charge in [0.05, 0.1) is 12.3 Å². The second-order valence-corrected chi connectivity index (χ2v) is 4.91. The van der Waals surface area contributed by atoms with Crippen LogP contribution in [-0.4, -0.2) is 6.61 Å². The van der Waals surface area contributed by atoms with E-state index >= 15 is 0 Å². The van der Waals surface area contributed by atoms with E-state index < -0.39 is 0 Å². The average molecular weight is 207 g/mol. The minimum atomic E-state index is 0.0602. The van der Waals surface area contributed by atoms with Gasteiger partial charge in [0, 0.05) is 5.56 Å². The molecule has 2 nitrogen and oxygen atoms in total. The fourth-order valence-corrected chi connectivity index (χ4v) is 1.66. The minimum Gasteiger partial charge on any atom is -0.491 e. The number of rotatable bonds is 2. The van der Waals surface area contributed by atoms with E-state index in [9.17, 15) is 0 Å². The molecule has 0 atom stereocenters. The monoisotopic (exact) mass is 207 g/mol. The van der Waals surface area contributed by atoms with Gasteiger partial charge in [0.1, 0.15) is 5.75 Å². The molecule has 0 heterocycles. The molecular formula is C13H21NO. The van der Waals surface area contributed by atoms with Gasteiger partial charge in [-0.3, -0.25) is 0 Å². The zero-order valence-electron chi connectivity index (χ0n) is 10.3. The van der Waals surface area contributed by atoms with Crippen molar-refractivity contribution >= 4 is 5.69 Å². The first kappa shape index (κ1) is 11.9. The third-order valence-electron chi connectivity index (χ3n) is 2.36. The summed E-state index contributed by atoms with van der Waals surface area (Å²) in [6.45, 7) is 11.2. The molecule has 0 unspecified atom stereocenters. The van der Waals surface area contributed by atoms with E-state index in [1.807, 2.05) is 13.0 Å². The molecule has 84 valence electrons. The van der Waals surface area contributed by atoms with Gasteiger partial charge in [-0.2, -0.15) is 0 Å². The molecule has 1 aromatic rings. The maximum absolute atomic E-state index is 5.98. The maximum atomic E-state index is 5.98. The molecule has 1 aromatic carbocycles. The molecule has 0 aliphatic carbocycles. The van der Waals surface area contributed by atoms with E-state index in [1.54, 1.807) is 0 Å². The van der Waals surface area contributed by atoms with E-state index in [0.29, 0.717) is 6.61 Å². The quantitative estimate of drug-likeness (QED) is 0.755. The van der Waals surface area contributed by atoms with E-state index in [-0.39, 0.29) is 5.41 Å². The molecule has 0 fully saturated rings. The number of anilines is 1. The van der Waals surface area contributed by atoms with E-state index in [1.165, 1.54) is 11.1 Å². The molecule has 0 spiro atoms. The Balaban J connectivity index is 3.33. The van der Waals surface area contributed by atoms with Crippen molar-refractivity contribution in [2.75, 3.05) is 12.3 Å². The number of nitrogens with two attached hydrogens (primary N) is 1. The first-order valence-corrected chi connectivity index (χ1v) is 5.39. The molecule has 0 saturated heterocycles. The predicted octanol–water partition coefficient (Wildman–Crippen LogP) is 3.27. The van der Waals surface area contributed by atoms with Crippen LogP contribution in [0.5, 0.6) is 5.75 Å². The predicted molar refractivity (Wildman–Crippen MR) is 65.5 cm³/mol. The molecule has 0 radical (unpaired) electrons. The zero-order chi connectivity index (χ0) is 11.6. The Morgan fingerprint density at radius 2 is 1.87 bits per heavy atom. The number of hydrogen-bond donors (Lipinski definition) is 1. The Morgan fingerprint density at radius 3 is 2.33 bits per heavy atom. The molecule has 2 heteroatoms. The van der Waals surface area contributed by atoms with Crippen LogP contribution in [0.25, 0.3) is 0 Å². The van der Waals surface area contributed by atoms with Crippen molar-refractivity contribution in [3.05, 3.63) is 23.3 Å². The molecule has 0 aromatic heterocycles. The smallest absolute Gasteiger partial charge is 0.145 e. The second-order valence-electron chi connectivity index (χ2n) is 4.91. The first-order valence-electron chi connectivity index (χ1n) is 5.39. The van der Waals surface area contributed by atoms with Gasteiger partial charge in [-0.25, -0.2) is 0 Å². The molecule has 0 aliphatic rings. The van der Waals surface area contributed by atoms with Crippen LogP contribution in [0, 0.1) is 6.92 Å². The lowest BCUT2D eigenvalue weighted by Gasteiger charge is -2.24. The van der Waals surface area contributed by atoms with Gasteiger partial charge in [0.2, 0.25) is 0 Å². The minimum absolute atomic E-state index is 0.0602. The van der Waals surface area contributed by atoms with Gasteiger partial charge in [0.25, 0.3) is 0 Å². The Morgan fingerprint density at radius 1 is 1.27 bits per heavy atom. The lowest BCUT2D eigenvalue weighted by atomic mass is 9.85. The highest BCUT2D eigenvalue weighted by atomic mass is 16.5. The van der Waals surface area contributed by atoms with Crippen molar-refractivity contribution < 1.29 is 4.74 Å². The van der Waals surface area contributed by atoms with Crippen LogP contribution < -0.4 is 10.5 Å². The van der Waals surface area contributed by atoms with E-state index in [0.717, 1.165) is 11.4 Å². The SMILES string of the molecule is CCOc1c(N)cc(C)cc1C(C)(C)C. The summed E-state index contributed by atoms with van der Waals surface area (Å²) < 4.78 is 5.62. The Kier molecular flexibility index (Phi) is 3.28. The molecule has 1 rings (SSSR count). The molecular weight excluding hydrogens is 186 g/mol. The fraction of sp³-hybridized carbons (Fsp3) is 0.538. The first-order chi connectivity index (χ1) is 6.86. The summed E-state index contributed by atoms with van der Waals surface area (Å²) >= 11 is 0. The third-order valence-corrected chi connectivity index (χ3v) is 2.36. The van der Waals surface area contributed by atoms with Gasteiger partial charge in [-0.1, -0.05) is 26.8 Å². The van der Waals surface area contributed by atoms with Crippen molar-refractivity contribution in [2.45, 2.75) is 40.0 Å². The van der Waals surface area contributed by atoms with Crippen LogP contribution >= 0.6 is 0 Å². The highest BCUT2D eigenvalue weighted by Gasteiger charge is 2.21. The summed E-state index contributed by atoms with van der Waals surface area (Å²) in [5, 5.41) is 0. The highest BCUT2D eigenvalue weighted by Crippen LogP contribution is 2.36. The maximum Gasteiger partial charge on any atom is 0.145 e. The third kappa shape index (κ3) is 2.65. The lowest BCUT2D eigenvalue weighted by molar-refractivity contribution is 0.331. The second kappa shape index (κ2) is 4.13. The van der Waals surface area contributed by atoms with Gasteiger partial charge < -0.3 is 10.5 Å². The van der Waals surface area contributed by atoms with Crippen LogP contribution in [0.1, 0.15) is 38.8 Å². The summed E-state index contributed by atoms with van der Waals surface area (Å²) in [5.41, 5.74) is 9.14. The summed E-state index contributed by atoms with van der Waals surface area (Å²) in [6, 6.07) is 4.11. The van der Waals surface area contributed by atoms with Crippen LogP contribution in [-0.2, 0) is 5.41 Å². The summed E-state index contributed by atoms with van der Waals surface area (Å²) in [4.78, 5) is 0. The van der Waals surface area contributed by atoms with E-state index in [2.05, 4.69) is 33.8 Å². The molecule has 0 saturated carbocycles. The topological polar surface area (TPSA) is 35.2 Å². The van der Waals surface area contributed by atoms with Crippen LogP contribution in [0.4, 0.5) is 5.69 Å². The van der Waals surface area contributed by atoms with Crippen molar-refractivity contribution in [2.24, 2.45) is 0 Å². The van der Waals surface area contributed by atoms with Crippen LogP contribution in [0.2, 0.25) is 0 Å². The Bertz CT molecular complexity index is 350. The van der Waals surface area contributed by atoms with Gasteiger partial charge in [0.15, 0.2) is 0 Å². The van der Waals surface area contributed by atoms with Crippen molar-refractivity contribution in [3.8, 4) is 5.75 Å². The normalized spacial score (nSPS) is 11.5. The standard InChI is InChI=1S/C13H21NO/c1-6-15-12-10(13(3,4)5)7-9(2)8-11(12)14/h7-8H,6,14H2,1-5H3. The molecule has 0 amide bonds.